The van der Waals surface area contributed by atoms with Gasteiger partial charge in [0.25, 0.3) is 0 Å². The van der Waals surface area contributed by atoms with Crippen molar-refractivity contribution in [1.82, 2.24) is 15.3 Å². The molecule has 27 heavy (non-hydrogen) atoms. The lowest BCUT2D eigenvalue weighted by Gasteiger charge is -2.46. The Morgan fingerprint density at radius 2 is 1.78 bits per heavy atom. The van der Waals surface area contributed by atoms with E-state index in [4.69, 9.17) is 0 Å². The van der Waals surface area contributed by atoms with Crippen LogP contribution in [0.15, 0.2) is 11.4 Å². The van der Waals surface area contributed by atoms with Gasteiger partial charge in [-0.2, -0.15) is 0 Å². The average molecular weight is 395 g/mol. The number of carbonyl (C=O) groups excluding carboxylic acids is 1. The number of ether oxygens (including phenoxy) is 1. The number of halogens is 4. The van der Waals surface area contributed by atoms with E-state index in [0.29, 0.717) is 5.82 Å². The topological polar surface area (TPSA) is 44.8 Å². The third-order valence-electron chi connectivity index (χ3n) is 5.39. The summed E-state index contributed by atoms with van der Waals surface area (Å²) in [5, 5.41) is 6.56. The lowest BCUT2D eigenvalue weighted by Crippen LogP contribution is -2.52. The first-order chi connectivity index (χ1) is 12.4. The van der Waals surface area contributed by atoms with Gasteiger partial charge in [-0.1, -0.05) is 13.8 Å². The standard InChI is InChI=1S/C15H25F2N3O2.C3H4F2/c1-9(2)11-12(10-6-15(17,7-10)8-16)19(3)20(4)13(11)18-14(21)22-5;4-3(5)1-2-3/h9-10,12H,6-8H2,1-5H3,(H,18,21);1-2H2. The second kappa shape index (κ2) is 7.85. The Morgan fingerprint density at radius 3 is 2.15 bits per heavy atom. The molecule has 0 radical (unpaired) electrons. The summed E-state index contributed by atoms with van der Waals surface area (Å²) in [5.74, 6) is -1.36. The summed E-state index contributed by atoms with van der Waals surface area (Å²) >= 11 is 0. The van der Waals surface area contributed by atoms with Gasteiger partial charge >= 0.3 is 6.09 Å². The van der Waals surface area contributed by atoms with Gasteiger partial charge < -0.3 is 4.74 Å². The van der Waals surface area contributed by atoms with Gasteiger partial charge in [-0.15, -0.1) is 0 Å². The highest BCUT2D eigenvalue weighted by molar-refractivity contribution is 5.69. The van der Waals surface area contributed by atoms with E-state index in [9.17, 15) is 22.4 Å². The molecule has 1 heterocycles. The molecule has 0 saturated heterocycles. The second-order valence-electron chi connectivity index (χ2n) is 7.93. The molecule has 0 aromatic heterocycles. The fourth-order valence-electron chi connectivity index (χ4n) is 3.65. The molecular formula is C18H29F4N3O2. The van der Waals surface area contributed by atoms with Gasteiger partial charge in [-0.05, 0) is 30.3 Å². The third-order valence-corrected chi connectivity index (χ3v) is 5.39. The number of nitrogens with one attached hydrogen (secondary N) is 1. The first-order valence-electron chi connectivity index (χ1n) is 9.13. The monoisotopic (exact) mass is 395 g/mol. The van der Waals surface area contributed by atoms with E-state index < -0.39 is 24.4 Å². The van der Waals surface area contributed by atoms with Gasteiger partial charge in [0.15, 0.2) is 0 Å². The Bertz CT molecular complexity index is 585. The number of carbonyl (C=O) groups is 1. The molecule has 3 aliphatic rings. The SMILES string of the molecule is COC(=O)NC1=C(C(C)C)C(C2CC(F)(CF)C2)N(C)N1C.FC1(F)CC1. The highest BCUT2D eigenvalue weighted by Crippen LogP contribution is 2.49. The van der Waals surface area contributed by atoms with E-state index in [1.807, 2.05) is 38.0 Å². The molecule has 1 N–H and O–H groups in total. The van der Waals surface area contributed by atoms with Gasteiger partial charge in [0.1, 0.15) is 18.2 Å². The minimum Gasteiger partial charge on any atom is -0.453 e. The zero-order chi connectivity index (χ0) is 20.6. The van der Waals surface area contributed by atoms with Crippen molar-refractivity contribution in [2.45, 2.75) is 57.2 Å². The smallest absolute Gasteiger partial charge is 0.412 e. The van der Waals surface area contributed by atoms with Crippen molar-refractivity contribution in [3.05, 3.63) is 11.4 Å². The van der Waals surface area contributed by atoms with Crippen LogP contribution in [0, 0.1) is 11.8 Å². The summed E-state index contributed by atoms with van der Waals surface area (Å²) in [6, 6.07) is -0.0346. The number of likely N-dealkylation sites (N-methyl/N-ethyl adjacent to an activating group) is 1. The lowest BCUT2D eigenvalue weighted by molar-refractivity contribution is -0.0661. The van der Waals surface area contributed by atoms with Crippen LogP contribution in [-0.4, -0.2) is 61.6 Å². The summed E-state index contributed by atoms with van der Waals surface area (Å²) in [7, 11) is 5.04. The largest absolute Gasteiger partial charge is 0.453 e. The van der Waals surface area contributed by atoms with E-state index in [1.54, 1.807) is 0 Å². The molecule has 1 atom stereocenters. The molecule has 9 heteroatoms. The summed E-state index contributed by atoms with van der Waals surface area (Å²) in [4.78, 5) is 11.6. The van der Waals surface area contributed by atoms with Crippen LogP contribution in [0.2, 0.25) is 0 Å². The van der Waals surface area contributed by atoms with Crippen LogP contribution in [-0.2, 0) is 4.74 Å². The number of hydrogen-bond donors (Lipinski definition) is 1. The van der Waals surface area contributed by atoms with E-state index >= 15 is 0 Å². The quantitative estimate of drug-likeness (QED) is 0.734. The van der Waals surface area contributed by atoms with E-state index in [-0.39, 0.29) is 43.6 Å². The molecule has 2 aliphatic carbocycles. The van der Waals surface area contributed by atoms with Crippen molar-refractivity contribution >= 4 is 6.09 Å². The number of hydrogen-bond acceptors (Lipinski definition) is 4. The van der Waals surface area contributed by atoms with Crippen LogP contribution in [0.4, 0.5) is 22.4 Å². The molecule has 0 bridgehead atoms. The maximum Gasteiger partial charge on any atom is 0.412 e. The summed E-state index contributed by atoms with van der Waals surface area (Å²) in [6.07, 6.45) is 0.133. The molecule has 0 aromatic carbocycles. The van der Waals surface area contributed by atoms with Crippen molar-refractivity contribution in [1.29, 1.82) is 0 Å². The maximum absolute atomic E-state index is 13.9. The van der Waals surface area contributed by atoms with Crippen LogP contribution in [0.3, 0.4) is 0 Å². The van der Waals surface area contributed by atoms with E-state index in [1.165, 1.54) is 7.11 Å². The molecule has 5 nitrogen and oxygen atoms in total. The molecule has 1 amide bonds. The van der Waals surface area contributed by atoms with Crippen LogP contribution < -0.4 is 5.32 Å². The minimum absolute atomic E-state index is 0.0346. The molecule has 1 unspecified atom stereocenters. The Hall–Kier alpha value is -1.51. The Balaban J connectivity index is 0.000000451. The van der Waals surface area contributed by atoms with Crippen LogP contribution in [0.5, 0.6) is 0 Å². The van der Waals surface area contributed by atoms with E-state index in [0.717, 1.165) is 5.57 Å². The Labute approximate surface area is 157 Å². The number of hydrazine groups is 1. The van der Waals surface area contributed by atoms with Crippen LogP contribution >= 0.6 is 0 Å². The molecule has 3 rings (SSSR count). The maximum atomic E-state index is 13.9. The average Bonchev–Trinajstić information content (AvgIpc) is 3.22. The van der Waals surface area contributed by atoms with Crippen LogP contribution in [0.25, 0.3) is 0 Å². The molecule has 0 aromatic rings. The number of nitrogens with zero attached hydrogens (tertiary/aromatic N) is 2. The molecule has 2 fully saturated rings. The molecule has 2 saturated carbocycles. The molecular weight excluding hydrogens is 366 g/mol. The summed E-state index contributed by atoms with van der Waals surface area (Å²) < 4.78 is 53.6. The van der Waals surface area contributed by atoms with Crippen LogP contribution in [0.1, 0.15) is 39.5 Å². The third kappa shape index (κ3) is 4.86. The number of alkyl carbamates (subject to hydrolysis) is 1. The van der Waals surface area contributed by atoms with Gasteiger partial charge in [-0.25, -0.2) is 27.4 Å². The lowest BCUT2D eigenvalue weighted by atomic mass is 9.67. The Morgan fingerprint density at radius 1 is 1.26 bits per heavy atom. The molecule has 0 spiro atoms. The van der Waals surface area contributed by atoms with Gasteiger partial charge in [0, 0.05) is 26.9 Å². The summed E-state index contributed by atoms with van der Waals surface area (Å²) in [6.45, 7) is 3.14. The first kappa shape index (κ1) is 21.8. The highest BCUT2D eigenvalue weighted by Gasteiger charge is 2.53. The second-order valence-corrected chi connectivity index (χ2v) is 7.93. The van der Waals surface area contributed by atoms with Gasteiger partial charge in [0.05, 0.1) is 13.2 Å². The fraction of sp³-hybridized carbons (Fsp3) is 0.833. The number of rotatable bonds is 4. The van der Waals surface area contributed by atoms with Gasteiger partial charge in [0.2, 0.25) is 5.92 Å². The normalized spacial score (nSPS) is 32.0. The minimum atomic E-state index is -2.25. The zero-order valence-electron chi connectivity index (χ0n) is 16.5. The van der Waals surface area contributed by atoms with Crippen molar-refractivity contribution in [3.8, 4) is 0 Å². The van der Waals surface area contributed by atoms with Crippen molar-refractivity contribution in [2.24, 2.45) is 11.8 Å². The predicted molar refractivity (Wildman–Crippen MR) is 93.4 cm³/mol. The zero-order valence-corrected chi connectivity index (χ0v) is 16.5. The fourth-order valence-corrected chi connectivity index (χ4v) is 3.65. The van der Waals surface area contributed by atoms with Crippen molar-refractivity contribution in [2.75, 3.05) is 27.9 Å². The molecule has 1 aliphatic heterocycles. The van der Waals surface area contributed by atoms with Gasteiger partial charge in [-0.3, -0.25) is 10.3 Å². The number of methoxy groups -OCH3 is 1. The Kier molecular flexibility index (Phi) is 6.33. The number of alkyl halides is 4. The number of amides is 1. The van der Waals surface area contributed by atoms with E-state index in [2.05, 4.69) is 10.1 Å². The molecule has 156 valence electrons. The van der Waals surface area contributed by atoms with Crippen molar-refractivity contribution in [3.63, 3.8) is 0 Å². The predicted octanol–water partition coefficient (Wildman–Crippen LogP) is 3.87. The summed E-state index contributed by atoms with van der Waals surface area (Å²) in [5.41, 5.74) is -0.647. The first-order valence-corrected chi connectivity index (χ1v) is 9.13. The highest BCUT2D eigenvalue weighted by atomic mass is 19.3. The van der Waals surface area contributed by atoms with Crippen molar-refractivity contribution < 1.29 is 27.1 Å².